The summed E-state index contributed by atoms with van der Waals surface area (Å²) >= 11 is 5.42. The highest BCUT2D eigenvalue weighted by Gasteiger charge is 2.38. The third kappa shape index (κ3) is 1.50. The zero-order valence-corrected chi connectivity index (χ0v) is 10.5. The first-order chi connectivity index (χ1) is 7.59. The third-order valence-electron chi connectivity index (χ3n) is 3.64. The molecule has 0 unspecified atom stereocenters. The first-order valence-corrected chi connectivity index (χ1v) is 6.18. The Hall–Kier alpha value is -1.09. The molecular formula is C13H16N2S. The SMILES string of the molecule is Cc1cccc2[nH]c(=S)n(CC3(C)CC3)c12. The third-order valence-corrected chi connectivity index (χ3v) is 3.96. The standard InChI is InChI=1S/C13H16N2S/c1-9-4-3-5-10-11(9)15(12(16)14-10)8-13(2)6-7-13/h3-5H,6-8H2,1-2H3,(H,14,16). The predicted octanol–water partition coefficient (Wildman–Crippen LogP) is 3.81. The summed E-state index contributed by atoms with van der Waals surface area (Å²) in [5, 5.41) is 0. The van der Waals surface area contributed by atoms with E-state index < -0.39 is 0 Å². The first kappa shape index (κ1) is 10.1. The molecule has 1 N–H and O–H groups in total. The molecule has 2 aromatic rings. The van der Waals surface area contributed by atoms with E-state index >= 15 is 0 Å². The summed E-state index contributed by atoms with van der Waals surface area (Å²) in [5.41, 5.74) is 4.22. The molecular weight excluding hydrogens is 216 g/mol. The van der Waals surface area contributed by atoms with Crippen molar-refractivity contribution in [2.24, 2.45) is 5.41 Å². The molecule has 3 rings (SSSR count). The summed E-state index contributed by atoms with van der Waals surface area (Å²) in [7, 11) is 0. The van der Waals surface area contributed by atoms with Gasteiger partial charge < -0.3 is 9.55 Å². The molecule has 0 amide bonds. The van der Waals surface area contributed by atoms with Gasteiger partial charge in [-0.1, -0.05) is 19.1 Å². The molecule has 2 nitrogen and oxygen atoms in total. The van der Waals surface area contributed by atoms with Gasteiger partial charge in [0, 0.05) is 6.54 Å². The Morgan fingerprint density at radius 2 is 2.19 bits per heavy atom. The van der Waals surface area contributed by atoms with E-state index in [1.54, 1.807) is 0 Å². The first-order valence-electron chi connectivity index (χ1n) is 5.77. The molecule has 0 spiro atoms. The molecule has 0 aliphatic heterocycles. The van der Waals surface area contributed by atoms with E-state index in [1.165, 1.54) is 23.9 Å². The van der Waals surface area contributed by atoms with Crippen molar-refractivity contribution in [3.63, 3.8) is 0 Å². The number of aromatic amines is 1. The molecule has 16 heavy (non-hydrogen) atoms. The summed E-state index contributed by atoms with van der Waals surface area (Å²) in [6.07, 6.45) is 2.65. The van der Waals surface area contributed by atoms with Crippen molar-refractivity contribution < 1.29 is 0 Å². The molecule has 1 aromatic carbocycles. The van der Waals surface area contributed by atoms with Crippen molar-refractivity contribution in [3.8, 4) is 0 Å². The van der Waals surface area contributed by atoms with Crippen molar-refractivity contribution in [1.82, 2.24) is 9.55 Å². The molecule has 1 aromatic heterocycles. The monoisotopic (exact) mass is 232 g/mol. The molecule has 3 heteroatoms. The van der Waals surface area contributed by atoms with Crippen LogP contribution in [0.25, 0.3) is 11.0 Å². The Morgan fingerprint density at radius 1 is 1.44 bits per heavy atom. The lowest BCUT2D eigenvalue weighted by Gasteiger charge is -2.11. The number of hydrogen-bond donors (Lipinski definition) is 1. The van der Waals surface area contributed by atoms with Gasteiger partial charge >= 0.3 is 0 Å². The van der Waals surface area contributed by atoms with Gasteiger partial charge in [0.25, 0.3) is 0 Å². The maximum atomic E-state index is 5.42. The van der Waals surface area contributed by atoms with E-state index in [0.29, 0.717) is 5.41 Å². The summed E-state index contributed by atoms with van der Waals surface area (Å²) in [5.74, 6) is 0. The topological polar surface area (TPSA) is 20.7 Å². The van der Waals surface area contributed by atoms with E-state index in [1.807, 2.05) is 0 Å². The summed E-state index contributed by atoms with van der Waals surface area (Å²) in [6, 6.07) is 6.33. The van der Waals surface area contributed by atoms with Crippen LogP contribution in [-0.4, -0.2) is 9.55 Å². The summed E-state index contributed by atoms with van der Waals surface area (Å²) in [4.78, 5) is 3.30. The highest BCUT2D eigenvalue weighted by molar-refractivity contribution is 7.71. The molecule has 1 aliphatic rings. The van der Waals surface area contributed by atoms with Crippen LogP contribution in [0.15, 0.2) is 18.2 Å². The van der Waals surface area contributed by atoms with E-state index in [9.17, 15) is 0 Å². The van der Waals surface area contributed by atoms with Gasteiger partial charge in [-0.25, -0.2) is 0 Å². The van der Waals surface area contributed by atoms with Crippen LogP contribution in [-0.2, 0) is 6.54 Å². The van der Waals surface area contributed by atoms with Crippen molar-refractivity contribution in [3.05, 3.63) is 28.5 Å². The lowest BCUT2D eigenvalue weighted by molar-refractivity contribution is 0.469. The molecule has 0 saturated heterocycles. The largest absolute Gasteiger partial charge is 0.331 e. The molecule has 0 bridgehead atoms. The van der Waals surface area contributed by atoms with Gasteiger partial charge in [-0.05, 0) is 49.0 Å². The molecule has 84 valence electrons. The number of nitrogens with zero attached hydrogens (tertiary/aromatic N) is 1. The fraction of sp³-hybridized carbons (Fsp3) is 0.462. The Morgan fingerprint density at radius 3 is 2.88 bits per heavy atom. The van der Waals surface area contributed by atoms with Gasteiger partial charge in [-0.2, -0.15) is 0 Å². The van der Waals surface area contributed by atoms with Crippen LogP contribution in [0.4, 0.5) is 0 Å². The number of hydrogen-bond acceptors (Lipinski definition) is 1. The predicted molar refractivity (Wildman–Crippen MR) is 69.2 cm³/mol. The number of rotatable bonds is 2. The van der Waals surface area contributed by atoms with Gasteiger partial charge in [0.2, 0.25) is 0 Å². The lowest BCUT2D eigenvalue weighted by atomic mass is 10.1. The van der Waals surface area contributed by atoms with Gasteiger partial charge in [-0.15, -0.1) is 0 Å². The van der Waals surface area contributed by atoms with Gasteiger partial charge in [-0.3, -0.25) is 0 Å². The minimum Gasteiger partial charge on any atom is -0.331 e. The zero-order valence-electron chi connectivity index (χ0n) is 9.71. The van der Waals surface area contributed by atoms with Crippen LogP contribution in [0.3, 0.4) is 0 Å². The fourth-order valence-corrected chi connectivity index (χ4v) is 2.57. The minimum absolute atomic E-state index is 0.482. The zero-order chi connectivity index (χ0) is 11.3. The summed E-state index contributed by atoms with van der Waals surface area (Å²) < 4.78 is 3.13. The van der Waals surface area contributed by atoms with E-state index in [4.69, 9.17) is 12.2 Å². The average molecular weight is 232 g/mol. The van der Waals surface area contributed by atoms with E-state index in [0.717, 1.165) is 16.8 Å². The van der Waals surface area contributed by atoms with Crippen LogP contribution in [0.5, 0.6) is 0 Å². The highest BCUT2D eigenvalue weighted by atomic mass is 32.1. The maximum absolute atomic E-state index is 5.42. The quantitative estimate of drug-likeness (QED) is 0.781. The van der Waals surface area contributed by atoms with Crippen molar-refractivity contribution in [2.75, 3.05) is 0 Å². The maximum Gasteiger partial charge on any atom is 0.178 e. The lowest BCUT2D eigenvalue weighted by Crippen LogP contribution is -2.08. The smallest absolute Gasteiger partial charge is 0.178 e. The van der Waals surface area contributed by atoms with E-state index in [-0.39, 0.29) is 0 Å². The van der Waals surface area contributed by atoms with Crippen molar-refractivity contribution >= 4 is 23.3 Å². The molecule has 1 fully saturated rings. The van der Waals surface area contributed by atoms with Crippen LogP contribution in [0.1, 0.15) is 25.3 Å². The molecule has 1 saturated carbocycles. The number of fused-ring (bicyclic) bond motifs is 1. The number of para-hydroxylation sites is 1. The normalized spacial score (nSPS) is 17.9. The number of imidazole rings is 1. The summed E-state index contributed by atoms with van der Waals surface area (Å²) in [6.45, 7) is 5.54. The van der Waals surface area contributed by atoms with Crippen molar-refractivity contribution in [2.45, 2.75) is 33.2 Å². The molecule has 1 aliphatic carbocycles. The average Bonchev–Trinajstić information content (AvgIpc) is 2.86. The van der Waals surface area contributed by atoms with Crippen LogP contribution in [0, 0.1) is 17.1 Å². The van der Waals surface area contributed by atoms with Crippen molar-refractivity contribution in [1.29, 1.82) is 0 Å². The fourth-order valence-electron chi connectivity index (χ4n) is 2.31. The number of nitrogens with one attached hydrogen (secondary N) is 1. The Balaban J connectivity index is 2.22. The highest BCUT2D eigenvalue weighted by Crippen LogP contribution is 2.46. The number of aryl methyl sites for hydroxylation is 1. The Kier molecular flexibility index (Phi) is 2.02. The van der Waals surface area contributed by atoms with Gasteiger partial charge in [0.1, 0.15) is 0 Å². The van der Waals surface area contributed by atoms with E-state index in [2.05, 4.69) is 41.6 Å². The number of benzene rings is 1. The van der Waals surface area contributed by atoms with Crippen LogP contribution >= 0.6 is 12.2 Å². The second kappa shape index (κ2) is 3.20. The van der Waals surface area contributed by atoms with Crippen LogP contribution < -0.4 is 0 Å². The number of aromatic nitrogens is 2. The Labute approximate surface area is 100 Å². The molecule has 0 atom stereocenters. The second-order valence-electron chi connectivity index (χ2n) is 5.30. The second-order valence-corrected chi connectivity index (χ2v) is 5.68. The minimum atomic E-state index is 0.482. The molecule has 1 heterocycles. The number of H-pyrrole nitrogens is 1. The van der Waals surface area contributed by atoms with Gasteiger partial charge in [0.05, 0.1) is 11.0 Å². The van der Waals surface area contributed by atoms with Gasteiger partial charge in [0.15, 0.2) is 4.77 Å². The van der Waals surface area contributed by atoms with Crippen LogP contribution in [0.2, 0.25) is 0 Å². The Bertz CT molecular complexity index is 602. The molecule has 0 radical (unpaired) electrons.